The average Bonchev–Trinajstić information content (AvgIpc) is 2.94. The maximum Gasteiger partial charge on any atom is 0.499 e. The first-order chi connectivity index (χ1) is 12.6. The maximum absolute atomic E-state index is 12.7. The normalized spacial score (nSPS) is 15.2. The topological polar surface area (TPSA) is 132 Å². The molecule has 0 aliphatic heterocycles. The van der Waals surface area contributed by atoms with Crippen molar-refractivity contribution < 1.29 is 30.0 Å². The molecule has 1 unspecified atom stereocenters. The number of alkyl halides is 3. The SMILES string of the molecule is Cc1c(Cl)cccc1S(=O)(=O)Nc1nc(CC(C)(N)S(=O)(=O)C(F)(F)F)ns1. The molecule has 0 saturated carbocycles. The number of rotatable bonds is 6. The molecule has 28 heavy (non-hydrogen) atoms. The summed E-state index contributed by atoms with van der Waals surface area (Å²) in [5.74, 6) is -0.358. The molecule has 0 aliphatic rings. The first kappa shape index (κ1) is 22.8. The van der Waals surface area contributed by atoms with E-state index in [2.05, 4.69) is 14.1 Å². The van der Waals surface area contributed by atoms with Crippen molar-refractivity contribution in [1.82, 2.24) is 9.36 Å². The Morgan fingerprint density at radius 2 is 1.86 bits per heavy atom. The van der Waals surface area contributed by atoms with Crippen LogP contribution in [0.2, 0.25) is 5.02 Å². The minimum absolute atomic E-state index is 0.125. The zero-order valence-corrected chi connectivity index (χ0v) is 17.5. The Kier molecular flexibility index (Phi) is 6.03. The molecule has 156 valence electrons. The average molecular weight is 479 g/mol. The van der Waals surface area contributed by atoms with E-state index in [1.165, 1.54) is 25.1 Å². The van der Waals surface area contributed by atoms with Gasteiger partial charge < -0.3 is 5.73 Å². The van der Waals surface area contributed by atoms with Gasteiger partial charge in [0.05, 0.1) is 4.90 Å². The maximum atomic E-state index is 12.7. The Labute approximate surface area is 168 Å². The van der Waals surface area contributed by atoms with Crippen LogP contribution in [0.5, 0.6) is 0 Å². The smallest absolute Gasteiger partial charge is 0.312 e. The molecule has 1 aromatic carbocycles. The van der Waals surface area contributed by atoms with Gasteiger partial charge in [-0.15, -0.1) is 0 Å². The van der Waals surface area contributed by atoms with Crippen molar-refractivity contribution in [3.8, 4) is 0 Å². The number of sulfonamides is 1. The van der Waals surface area contributed by atoms with Crippen molar-refractivity contribution in [2.75, 3.05) is 4.72 Å². The molecule has 0 bridgehead atoms. The number of halogens is 4. The quantitative estimate of drug-likeness (QED) is 0.651. The second-order valence-electron chi connectivity index (χ2n) is 5.92. The third-order valence-electron chi connectivity index (χ3n) is 3.63. The van der Waals surface area contributed by atoms with Gasteiger partial charge in [0.1, 0.15) is 10.7 Å². The van der Waals surface area contributed by atoms with E-state index in [1.54, 1.807) is 0 Å². The fourth-order valence-corrected chi connectivity index (χ4v) is 5.25. The monoisotopic (exact) mass is 478 g/mol. The molecular weight excluding hydrogens is 465 g/mol. The van der Waals surface area contributed by atoms with Crippen LogP contribution >= 0.6 is 23.1 Å². The third kappa shape index (κ3) is 4.40. The van der Waals surface area contributed by atoms with Gasteiger partial charge >= 0.3 is 5.51 Å². The number of anilines is 1. The summed E-state index contributed by atoms with van der Waals surface area (Å²) in [5.41, 5.74) is 0.0700. The fourth-order valence-electron chi connectivity index (χ4n) is 2.09. The fraction of sp³-hybridized carbons (Fsp3) is 0.385. The number of hydrogen-bond donors (Lipinski definition) is 2. The van der Waals surface area contributed by atoms with E-state index in [-0.39, 0.29) is 26.4 Å². The first-order valence-corrected chi connectivity index (χ1v) is 11.4. The van der Waals surface area contributed by atoms with E-state index in [1.807, 2.05) is 0 Å². The number of aromatic nitrogens is 2. The van der Waals surface area contributed by atoms with Gasteiger partial charge in [0, 0.05) is 23.0 Å². The molecule has 3 N–H and O–H groups in total. The van der Waals surface area contributed by atoms with Gasteiger partial charge in [-0.05, 0) is 31.5 Å². The highest BCUT2D eigenvalue weighted by Crippen LogP contribution is 2.33. The second-order valence-corrected chi connectivity index (χ2v) is 11.1. The number of nitrogens with two attached hydrogens (primary N) is 1. The summed E-state index contributed by atoms with van der Waals surface area (Å²) in [7, 11) is -9.81. The van der Waals surface area contributed by atoms with Crippen LogP contribution in [0.3, 0.4) is 0 Å². The van der Waals surface area contributed by atoms with Crippen LogP contribution in [-0.4, -0.2) is 36.6 Å². The lowest BCUT2D eigenvalue weighted by molar-refractivity contribution is -0.0457. The van der Waals surface area contributed by atoms with Crippen molar-refractivity contribution in [2.24, 2.45) is 5.73 Å². The summed E-state index contributed by atoms with van der Waals surface area (Å²) in [6.45, 7) is 2.17. The van der Waals surface area contributed by atoms with Crippen molar-refractivity contribution in [1.29, 1.82) is 0 Å². The van der Waals surface area contributed by atoms with Gasteiger partial charge in [-0.3, -0.25) is 4.72 Å². The van der Waals surface area contributed by atoms with E-state index in [0.29, 0.717) is 18.5 Å². The molecule has 1 heterocycles. The molecule has 8 nitrogen and oxygen atoms in total. The van der Waals surface area contributed by atoms with Crippen LogP contribution in [0.25, 0.3) is 0 Å². The van der Waals surface area contributed by atoms with Gasteiger partial charge in [0.25, 0.3) is 19.9 Å². The molecule has 0 radical (unpaired) electrons. The highest BCUT2D eigenvalue weighted by molar-refractivity contribution is 7.93. The van der Waals surface area contributed by atoms with Crippen LogP contribution < -0.4 is 10.5 Å². The van der Waals surface area contributed by atoms with Crippen LogP contribution in [0.15, 0.2) is 23.1 Å². The molecule has 2 rings (SSSR count). The Balaban J connectivity index is 2.27. The highest BCUT2D eigenvalue weighted by Gasteiger charge is 2.56. The largest absolute Gasteiger partial charge is 0.499 e. The molecule has 1 atom stereocenters. The standard InChI is InChI=1S/C13H14ClF3N4O4S3/c1-7-8(14)4-3-5-9(7)27(22,23)21-11-19-10(20-26-11)6-12(2,18)28(24,25)13(15,16)17/h3-5H,6,18H2,1-2H3,(H,19,20,21). The zero-order valence-electron chi connectivity index (χ0n) is 14.3. The summed E-state index contributed by atoms with van der Waals surface area (Å²) in [5, 5.41) is -0.0494. The van der Waals surface area contributed by atoms with E-state index in [4.69, 9.17) is 17.3 Å². The molecule has 0 spiro atoms. The van der Waals surface area contributed by atoms with E-state index in [9.17, 15) is 30.0 Å². The molecule has 0 aliphatic carbocycles. The second kappa shape index (κ2) is 7.40. The Morgan fingerprint density at radius 3 is 2.43 bits per heavy atom. The minimum atomic E-state index is -5.70. The number of sulfone groups is 1. The van der Waals surface area contributed by atoms with Gasteiger partial charge in [-0.25, -0.2) is 21.8 Å². The number of nitrogens with one attached hydrogen (secondary N) is 1. The summed E-state index contributed by atoms with van der Waals surface area (Å²) >= 11 is 6.42. The highest BCUT2D eigenvalue weighted by atomic mass is 35.5. The molecule has 1 aromatic heterocycles. The van der Waals surface area contributed by atoms with Gasteiger partial charge in [-0.1, -0.05) is 17.7 Å². The van der Waals surface area contributed by atoms with Gasteiger partial charge in [0.2, 0.25) is 5.13 Å². The number of hydrogen-bond acceptors (Lipinski definition) is 8. The lowest BCUT2D eigenvalue weighted by atomic mass is 10.2. The number of benzene rings is 1. The van der Waals surface area contributed by atoms with Crippen molar-refractivity contribution in [3.05, 3.63) is 34.6 Å². The first-order valence-electron chi connectivity index (χ1n) is 7.29. The Morgan fingerprint density at radius 1 is 1.25 bits per heavy atom. The zero-order chi connectivity index (χ0) is 21.5. The predicted molar refractivity (Wildman–Crippen MR) is 98.2 cm³/mol. The van der Waals surface area contributed by atoms with Gasteiger partial charge in [0.15, 0.2) is 0 Å². The predicted octanol–water partition coefficient (Wildman–Crippen LogP) is 2.45. The lowest BCUT2D eigenvalue weighted by Crippen LogP contribution is -2.52. The Hall–Kier alpha value is -1.48. The van der Waals surface area contributed by atoms with Crippen LogP contribution in [-0.2, 0) is 26.3 Å². The lowest BCUT2D eigenvalue weighted by Gasteiger charge is -2.24. The van der Waals surface area contributed by atoms with Crippen LogP contribution in [0, 0.1) is 6.92 Å². The summed E-state index contributed by atoms with van der Waals surface area (Å²) in [6.07, 6.45) is -0.872. The molecule has 0 saturated heterocycles. The summed E-state index contributed by atoms with van der Waals surface area (Å²) in [6, 6.07) is 4.23. The molecular formula is C13H14ClF3N4O4S3. The van der Waals surface area contributed by atoms with E-state index >= 15 is 0 Å². The summed E-state index contributed by atoms with van der Waals surface area (Å²) in [4.78, 5) is 0.871. The molecule has 2 aromatic rings. The summed E-state index contributed by atoms with van der Waals surface area (Å²) < 4.78 is 91.9. The Bertz CT molecular complexity index is 1100. The van der Waals surface area contributed by atoms with Crippen molar-refractivity contribution >= 4 is 48.1 Å². The number of nitrogens with zero attached hydrogens (tertiary/aromatic N) is 2. The van der Waals surface area contributed by atoms with Crippen LogP contribution in [0.4, 0.5) is 18.3 Å². The molecule has 15 heteroatoms. The third-order valence-corrected chi connectivity index (χ3v) is 8.30. The molecule has 0 amide bonds. The van der Waals surface area contributed by atoms with Crippen LogP contribution in [0.1, 0.15) is 18.3 Å². The van der Waals surface area contributed by atoms with E-state index < -0.39 is 36.7 Å². The molecule has 0 fully saturated rings. The van der Waals surface area contributed by atoms with Crippen molar-refractivity contribution in [2.45, 2.75) is 35.5 Å². The van der Waals surface area contributed by atoms with Gasteiger partial charge in [-0.2, -0.15) is 17.5 Å². The minimum Gasteiger partial charge on any atom is -0.312 e. The van der Waals surface area contributed by atoms with E-state index in [0.717, 1.165) is 0 Å². The van der Waals surface area contributed by atoms with Crippen molar-refractivity contribution in [3.63, 3.8) is 0 Å².